The van der Waals surface area contributed by atoms with E-state index in [0.29, 0.717) is 12.2 Å². The lowest BCUT2D eigenvalue weighted by molar-refractivity contribution is 0.0734. The predicted molar refractivity (Wildman–Crippen MR) is 56.1 cm³/mol. The van der Waals surface area contributed by atoms with Gasteiger partial charge in [-0.25, -0.2) is 0 Å². The molecule has 0 aromatic carbocycles. The van der Waals surface area contributed by atoms with Crippen LogP contribution in [-0.4, -0.2) is 22.1 Å². The number of aromatic nitrogens is 1. The van der Waals surface area contributed by atoms with E-state index in [0.717, 1.165) is 5.69 Å². The quantitative estimate of drug-likeness (QED) is 0.584. The third-order valence-corrected chi connectivity index (χ3v) is 2.00. The maximum atomic E-state index is 9.77. The van der Waals surface area contributed by atoms with Crippen molar-refractivity contribution in [3.8, 4) is 0 Å². The van der Waals surface area contributed by atoms with Gasteiger partial charge in [-0.2, -0.15) is 5.53 Å². The summed E-state index contributed by atoms with van der Waals surface area (Å²) < 4.78 is 0. The number of pyridine rings is 1. The van der Waals surface area contributed by atoms with Gasteiger partial charge in [0.05, 0.1) is 17.9 Å². The number of aliphatic hydroxyl groups is 1. The SMILES string of the molecule is CN(Cc1cccc(C(C)(C)O)n1)N=N. The summed E-state index contributed by atoms with van der Waals surface area (Å²) in [6, 6.07) is 5.46. The third-order valence-electron chi connectivity index (χ3n) is 2.00. The van der Waals surface area contributed by atoms with Crippen LogP contribution in [0.4, 0.5) is 0 Å². The average molecular weight is 208 g/mol. The van der Waals surface area contributed by atoms with Crippen molar-refractivity contribution in [3.63, 3.8) is 0 Å². The Labute approximate surface area is 89.2 Å². The van der Waals surface area contributed by atoms with Crippen molar-refractivity contribution in [1.29, 1.82) is 5.53 Å². The van der Waals surface area contributed by atoms with E-state index in [1.54, 1.807) is 27.0 Å². The zero-order valence-electron chi connectivity index (χ0n) is 9.23. The Morgan fingerprint density at radius 1 is 1.53 bits per heavy atom. The number of hydrogen-bond donors (Lipinski definition) is 2. The molecule has 0 fully saturated rings. The molecule has 0 unspecified atom stereocenters. The van der Waals surface area contributed by atoms with Crippen LogP contribution in [-0.2, 0) is 12.1 Å². The van der Waals surface area contributed by atoms with Gasteiger partial charge in [0.15, 0.2) is 0 Å². The van der Waals surface area contributed by atoms with Crippen LogP contribution in [0.25, 0.3) is 0 Å². The van der Waals surface area contributed by atoms with Crippen molar-refractivity contribution in [2.24, 2.45) is 5.22 Å². The second-order valence-electron chi connectivity index (χ2n) is 3.99. The Morgan fingerprint density at radius 3 is 2.73 bits per heavy atom. The normalized spacial score (nSPS) is 11.2. The van der Waals surface area contributed by atoms with Crippen LogP contribution >= 0.6 is 0 Å². The molecule has 0 aliphatic heterocycles. The van der Waals surface area contributed by atoms with Crippen LogP contribution in [0.15, 0.2) is 23.4 Å². The summed E-state index contributed by atoms with van der Waals surface area (Å²) in [4.78, 5) is 4.30. The van der Waals surface area contributed by atoms with Gasteiger partial charge in [-0.1, -0.05) is 11.3 Å². The highest BCUT2D eigenvalue weighted by molar-refractivity contribution is 5.15. The second-order valence-corrected chi connectivity index (χ2v) is 3.99. The topological polar surface area (TPSA) is 72.6 Å². The highest BCUT2D eigenvalue weighted by atomic mass is 16.3. The van der Waals surface area contributed by atoms with Crippen LogP contribution in [0.5, 0.6) is 0 Å². The van der Waals surface area contributed by atoms with E-state index in [2.05, 4.69) is 10.2 Å². The molecule has 5 heteroatoms. The molecule has 1 rings (SSSR count). The lowest BCUT2D eigenvalue weighted by Gasteiger charge is -2.18. The van der Waals surface area contributed by atoms with Crippen LogP contribution in [0.1, 0.15) is 25.2 Å². The van der Waals surface area contributed by atoms with Crippen molar-refractivity contribution >= 4 is 0 Å². The molecule has 0 saturated carbocycles. The maximum Gasteiger partial charge on any atom is 0.101 e. The summed E-state index contributed by atoms with van der Waals surface area (Å²) in [6.07, 6.45) is 0. The van der Waals surface area contributed by atoms with Crippen LogP contribution < -0.4 is 0 Å². The average Bonchev–Trinajstić information content (AvgIpc) is 2.17. The van der Waals surface area contributed by atoms with E-state index < -0.39 is 5.60 Å². The highest BCUT2D eigenvalue weighted by Gasteiger charge is 2.17. The first kappa shape index (κ1) is 11.6. The van der Waals surface area contributed by atoms with Gasteiger partial charge in [0.25, 0.3) is 0 Å². The summed E-state index contributed by atoms with van der Waals surface area (Å²) >= 11 is 0. The number of nitrogens with zero attached hydrogens (tertiary/aromatic N) is 3. The van der Waals surface area contributed by atoms with Gasteiger partial charge in [-0.05, 0) is 26.0 Å². The predicted octanol–water partition coefficient (Wildman–Crippen LogP) is 1.69. The zero-order chi connectivity index (χ0) is 11.5. The van der Waals surface area contributed by atoms with Gasteiger partial charge >= 0.3 is 0 Å². The largest absolute Gasteiger partial charge is 0.384 e. The fourth-order valence-corrected chi connectivity index (χ4v) is 1.18. The monoisotopic (exact) mass is 208 g/mol. The molecule has 5 nitrogen and oxygen atoms in total. The second kappa shape index (κ2) is 4.35. The van der Waals surface area contributed by atoms with Crippen molar-refractivity contribution in [2.75, 3.05) is 7.05 Å². The highest BCUT2D eigenvalue weighted by Crippen LogP contribution is 2.17. The van der Waals surface area contributed by atoms with E-state index in [1.165, 1.54) is 5.01 Å². The molecular formula is C10H16N4O. The molecule has 0 atom stereocenters. The Morgan fingerprint density at radius 2 is 2.20 bits per heavy atom. The summed E-state index contributed by atoms with van der Waals surface area (Å²) in [6.45, 7) is 3.85. The molecule has 0 saturated heterocycles. The molecule has 0 amide bonds. The van der Waals surface area contributed by atoms with Crippen LogP contribution in [0.3, 0.4) is 0 Å². The van der Waals surface area contributed by atoms with Gasteiger partial charge in [-0.3, -0.25) is 9.99 Å². The van der Waals surface area contributed by atoms with Crippen molar-refractivity contribution < 1.29 is 5.11 Å². The minimum atomic E-state index is -0.938. The first-order valence-corrected chi connectivity index (χ1v) is 4.71. The lowest BCUT2D eigenvalue weighted by atomic mass is 10.0. The first-order chi connectivity index (χ1) is 6.93. The molecular weight excluding hydrogens is 192 g/mol. The molecule has 1 aromatic rings. The Hall–Kier alpha value is -1.49. The van der Waals surface area contributed by atoms with Crippen molar-refractivity contribution in [3.05, 3.63) is 29.6 Å². The van der Waals surface area contributed by atoms with Gasteiger partial charge in [0, 0.05) is 7.05 Å². The summed E-state index contributed by atoms with van der Waals surface area (Å²) in [7, 11) is 1.70. The molecule has 2 N–H and O–H groups in total. The third kappa shape index (κ3) is 3.28. The fraction of sp³-hybridized carbons (Fsp3) is 0.500. The van der Waals surface area contributed by atoms with Crippen molar-refractivity contribution in [1.82, 2.24) is 9.99 Å². The Balaban J connectivity index is 2.88. The summed E-state index contributed by atoms with van der Waals surface area (Å²) in [5, 5.41) is 14.5. The smallest absolute Gasteiger partial charge is 0.101 e. The lowest BCUT2D eigenvalue weighted by Crippen LogP contribution is -2.19. The molecule has 0 radical (unpaired) electrons. The molecule has 0 bridgehead atoms. The van der Waals surface area contributed by atoms with E-state index in [-0.39, 0.29) is 0 Å². The van der Waals surface area contributed by atoms with Crippen LogP contribution in [0, 0.1) is 5.53 Å². The number of nitrogens with one attached hydrogen (secondary N) is 1. The summed E-state index contributed by atoms with van der Waals surface area (Å²) in [5.74, 6) is 0. The van der Waals surface area contributed by atoms with Crippen LogP contribution in [0.2, 0.25) is 0 Å². The minimum absolute atomic E-state index is 0.466. The molecule has 1 heterocycles. The van der Waals surface area contributed by atoms with Gasteiger partial charge in [-0.15, -0.1) is 0 Å². The van der Waals surface area contributed by atoms with E-state index in [4.69, 9.17) is 5.53 Å². The fourth-order valence-electron chi connectivity index (χ4n) is 1.18. The van der Waals surface area contributed by atoms with E-state index in [1.807, 2.05) is 12.1 Å². The molecule has 0 spiro atoms. The van der Waals surface area contributed by atoms with Gasteiger partial charge < -0.3 is 5.11 Å². The standard InChI is InChI=1S/C10H16N4O/c1-10(2,15)9-6-4-5-8(12-9)7-14(3)13-11/h4-6,11,15H,7H2,1-3H3. The molecule has 0 aliphatic carbocycles. The molecule has 1 aromatic heterocycles. The zero-order valence-corrected chi connectivity index (χ0v) is 9.23. The molecule has 15 heavy (non-hydrogen) atoms. The number of rotatable bonds is 4. The first-order valence-electron chi connectivity index (χ1n) is 4.71. The maximum absolute atomic E-state index is 9.77. The molecule has 0 aliphatic rings. The van der Waals surface area contributed by atoms with E-state index >= 15 is 0 Å². The summed E-state index contributed by atoms with van der Waals surface area (Å²) in [5.41, 5.74) is 7.28. The van der Waals surface area contributed by atoms with E-state index in [9.17, 15) is 5.11 Å². The Bertz CT molecular complexity index is 346. The number of hydrogen-bond acceptors (Lipinski definition) is 4. The van der Waals surface area contributed by atoms with Gasteiger partial charge in [0.1, 0.15) is 5.60 Å². The minimum Gasteiger partial charge on any atom is -0.384 e. The van der Waals surface area contributed by atoms with Gasteiger partial charge in [0.2, 0.25) is 0 Å². The Kier molecular flexibility index (Phi) is 3.36. The van der Waals surface area contributed by atoms with Crippen molar-refractivity contribution in [2.45, 2.75) is 26.0 Å². The molecule has 82 valence electrons.